The Kier molecular flexibility index (Phi) is 7.45. The number of benzene rings is 1. The van der Waals surface area contributed by atoms with Crippen LogP contribution < -0.4 is 4.72 Å². The van der Waals surface area contributed by atoms with Crippen LogP contribution in [-0.4, -0.2) is 30.9 Å². The predicted octanol–water partition coefficient (Wildman–Crippen LogP) is 5.14. The van der Waals surface area contributed by atoms with Gasteiger partial charge in [-0.1, -0.05) is 27.9 Å². The molecule has 3 rings (SSSR count). The van der Waals surface area contributed by atoms with E-state index in [0.29, 0.717) is 6.61 Å². The summed E-state index contributed by atoms with van der Waals surface area (Å²) in [6, 6.07) is 4.72. The summed E-state index contributed by atoms with van der Waals surface area (Å²) in [4.78, 5) is 0. The Bertz CT molecular complexity index is 599. The molecule has 1 saturated heterocycles. The molecule has 1 atom stereocenters. The van der Waals surface area contributed by atoms with Crippen molar-refractivity contribution in [1.82, 2.24) is 4.72 Å². The molecule has 0 aliphatic carbocycles. The van der Waals surface area contributed by atoms with Crippen molar-refractivity contribution in [3.63, 3.8) is 0 Å². The zero-order valence-electron chi connectivity index (χ0n) is 16.0. The molecule has 1 N–H and O–H groups in total. The van der Waals surface area contributed by atoms with Crippen LogP contribution in [0.15, 0.2) is 16.6 Å². The molecule has 2 aliphatic rings. The first-order valence-corrected chi connectivity index (χ1v) is 11.1. The van der Waals surface area contributed by atoms with E-state index in [4.69, 9.17) is 14.2 Å². The van der Waals surface area contributed by atoms with Gasteiger partial charge in [-0.3, -0.25) is 4.72 Å². The standard InChI is InChI=1S/C20H30BrNO3S/c1-20(2,3)26-22-18(5-6-19-24-8-4-9-25-19)16-12-15(21)11-14-7-10-23-13-17(14)16/h11-12,18-19,22H,4-10,13H2,1-3H3. The highest BCUT2D eigenvalue weighted by atomic mass is 79.9. The third kappa shape index (κ3) is 5.94. The Labute approximate surface area is 170 Å². The molecule has 1 unspecified atom stereocenters. The van der Waals surface area contributed by atoms with Gasteiger partial charge in [0, 0.05) is 21.7 Å². The molecular formula is C20H30BrNO3S. The van der Waals surface area contributed by atoms with E-state index in [9.17, 15) is 0 Å². The van der Waals surface area contributed by atoms with E-state index < -0.39 is 0 Å². The lowest BCUT2D eigenvalue weighted by Gasteiger charge is -2.30. The fourth-order valence-corrected chi connectivity index (χ4v) is 4.58. The highest BCUT2D eigenvalue weighted by Gasteiger charge is 2.25. The van der Waals surface area contributed by atoms with Gasteiger partial charge in [0.1, 0.15) is 0 Å². The minimum absolute atomic E-state index is 0.0769. The molecule has 1 aromatic carbocycles. The number of hydrogen-bond donors (Lipinski definition) is 1. The first-order chi connectivity index (χ1) is 12.4. The maximum absolute atomic E-state index is 5.77. The average molecular weight is 444 g/mol. The number of rotatable bonds is 6. The van der Waals surface area contributed by atoms with Crippen LogP contribution in [0.25, 0.3) is 0 Å². The van der Waals surface area contributed by atoms with Crippen molar-refractivity contribution in [3.8, 4) is 0 Å². The van der Waals surface area contributed by atoms with Crippen LogP contribution in [0.5, 0.6) is 0 Å². The molecular weight excluding hydrogens is 414 g/mol. The number of nitrogens with one attached hydrogen (secondary N) is 1. The predicted molar refractivity (Wildman–Crippen MR) is 110 cm³/mol. The van der Waals surface area contributed by atoms with Crippen molar-refractivity contribution < 1.29 is 14.2 Å². The van der Waals surface area contributed by atoms with E-state index in [1.165, 1.54) is 16.7 Å². The maximum atomic E-state index is 5.77. The molecule has 1 fully saturated rings. The summed E-state index contributed by atoms with van der Waals surface area (Å²) >= 11 is 5.49. The Balaban J connectivity index is 1.78. The summed E-state index contributed by atoms with van der Waals surface area (Å²) in [6.07, 6.45) is 3.76. The van der Waals surface area contributed by atoms with Crippen LogP contribution >= 0.6 is 27.9 Å². The van der Waals surface area contributed by atoms with E-state index in [1.54, 1.807) is 11.9 Å². The quantitative estimate of drug-likeness (QED) is 0.615. The maximum Gasteiger partial charge on any atom is 0.157 e. The zero-order chi connectivity index (χ0) is 18.6. The fraction of sp³-hybridized carbons (Fsp3) is 0.700. The van der Waals surface area contributed by atoms with Gasteiger partial charge in [0.15, 0.2) is 6.29 Å². The highest BCUT2D eigenvalue weighted by molar-refractivity contribution is 9.10. The second-order valence-electron chi connectivity index (χ2n) is 7.92. The van der Waals surface area contributed by atoms with Gasteiger partial charge in [0.25, 0.3) is 0 Å². The summed E-state index contributed by atoms with van der Waals surface area (Å²) in [5.41, 5.74) is 4.08. The third-order valence-corrected chi connectivity index (χ3v) is 6.05. The van der Waals surface area contributed by atoms with Gasteiger partial charge in [-0.05, 0) is 68.9 Å². The zero-order valence-corrected chi connectivity index (χ0v) is 18.4. The Morgan fingerprint density at radius 1 is 1.23 bits per heavy atom. The first kappa shape index (κ1) is 20.6. The second kappa shape index (κ2) is 9.39. The summed E-state index contributed by atoms with van der Waals surface area (Å²) in [5.74, 6) is 0. The summed E-state index contributed by atoms with van der Waals surface area (Å²) in [7, 11) is 0. The van der Waals surface area contributed by atoms with Gasteiger partial charge in [-0.25, -0.2) is 0 Å². The van der Waals surface area contributed by atoms with Crippen molar-refractivity contribution in [2.75, 3.05) is 19.8 Å². The molecule has 146 valence electrons. The molecule has 1 aromatic rings. The van der Waals surface area contributed by atoms with E-state index in [2.05, 4.69) is 53.6 Å². The van der Waals surface area contributed by atoms with Crippen LogP contribution in [-0.2, 0) is 27.2 Å². The van der Waals surface area contributed by atoms with Gasteiger partial charge in [-0.2, -0.15) is 0 Å². The normalized spacial score (nSPS) is 20.0. The van der Waals surface area contributed by atoms with E-state index in [-0.39, 0.29) is 17.1 Å². The third-order valence-electron chi connectivity index (χ3n) is 4.57. The molecule has 2 heterocycles. The molecule has 0 bridgehead atoms. The molecule has 26 heavy (non-hydrogen) atoms. The van der Waals surface area contributed by atoms with Gasteiger partial charge in [0.2, 0.25) is 0 Å². The molecule has 0 spiro atoms. The number of fused-ring (bicyclic) bond motifs is 1. The monoisotopic (exact) mass is 443 g/mol. The summed E-state index contributed by atoms with van der Waals surface area (Å²) < 4.78 is 22.3. The largest absolute Gasteiger partial charge is 0.376 e. The topological polar surface area (TPSA) is 39.7 Å². The molecule has 2 aliphatic heterocycles. The van der Waals surface area contributed by atoms with Crippen molar-refractivity contribution >= 4 is 27.9 Å². The van der Waals surface area contributed by atoms with Crippen LogP contribution in [0, 0.1) is 0 Å². The van der Waals surface area contributed by atoms with Crippen LogP contribution in [0.2, 0.25) is 0 Å². The summed E-state index contributed by atoms with van der Waals surface area (Å²) in [6.45, 7) is 9.81. The van der Waals surface area contributed by atoms with Crippen LogP contribution in [0.1, 0.15) is 62.8 Å². The summed E-state index contributed by atoms with van der Waals surface area (Å²) in [5, 5.41) is 0. The number of hydrogen-bond acceptors (Lipinski definition) is 5. The van der Waals surface area contributed by atoms with E-state index in [0.717, 1.165) is 50.0 Å². The molecule has 0 aromatic heterocycles. The molecule has 6 heteroatoms. The van der Waals surface area contributed by atoms with Gasteiger partial charge < -0.3 is 14.2 Å². The van der Waals surface area contributed by atoms with Crippen molar-refractivity contribution in [2.24, 2.45) is 0 Å². The lowest BCUT2D eigenvalue weighted by Crippen LogP contribution is -2.28. The molecule has 0 radical (unpaired) electrons. The van der Waals surface area contributed by atoms with Crippen LogP contribution in [0.4, 0.5) is 0 Å². The lowest BCUT2D eigenvalue weighted by atomic mass is 9.92. The minimum Gasteiger partial charge on any atom is -0.376 e. The second-order valence-corrected chi connectivity index (χ2v) is 10.5. The Morgan fingerprint density at radius 3 is 2.73 bits per heavy atom. The fourth-order valence-electron chi connectivity index (χ4n) is 3.31. The van der Waals surface area contributed by atoms with Crippen molar-refractivity contribution in [1.29, 1.82) is 0 Å². The highest BCUT2D eigenvalue weighted by Crippen LogP contribution is 2.35. The van der Waals surface area contributed by atoms with Crippen molar-refractivity contribution in [3.05, 3.63) is 33.3 Å². The number of ether oxygens (including phenoxy) is 3. The lowest BCUT2D eigenvalue weighted by molar-refractivity contribution is -0.182. The molecule has 0 amide bonds. The SMILES string of the molecule is CC(C)(C)SNC(CCC1OCCCO1)c1cc(Br)cc2c1COCC2. The van der Waals surface area contributed by atoms with Gasteiger partial charge in [0.05, 0.1) is 26.4 Å². The van der Waals surface area contributed by atoms with Gasteiger partial charge in [-0.15, -0.1) is 0 Å². The average Bonchev–Trinajstić information content (AvgIpc) is 2.61. The van der Waals surface area contributed by atoms with Crippen molar-refractivity contribution in [2.45, 2.75) is 70.1 Å². The molecule has 0 saturated carbocycles. The molecule has 4 nitrogen and oxygen atoms in total. The minimum atomic E-state index is -0.0769. The van der Waals surface area contributed by atoms with Gasteiger partial charge >= 0.3 is 0 Å². The first-order valence-electron chi connectivity index (χ1n) is 9.48. The Morgan fingerprint density at radius 2 is 2.00 bits per heavy atom. The van der Waals surface area contributed by atoms with Crippen LogP contribution in [0.3, 0.4) is 0 Å². The van der Waals surface area contributed by atoms with E-state index in [1.807, 2.05) is 0 Å². The van der Waals surface area contributed by atoms with E-state index >= 15 is 0 Å². The number of halogens is 1. The smallest absolute Gasteiger partial charge is 0.157 e. The Hall–Kier alpha value is -0.110.